The van der Waals surface area contributed by atoms with Crippen molar-refractivity contribution >= 4 is 0 Å². The summed E-state index contributed by atoms with van der Waals surface area (Å²) in [6.45, 7) is -0.212. The van der Waals surface area contributed by atoms with E-state index in [0.717, 1.165) is 0 Å². The Labute approximate surface area is 155 Å². The molecule has 27 heavy (non-hydrogen) atoms. The van der Waals surface area contributed by atoms with Crippen LogP contribution in [0.15, 0.2) is 0 Å². The largest absolute Gasteiger partial charge is 0.394 e. The molecular formula is C15H28O12. The van der Waals surface area contributed by atoms with E-state index in [1.54, 1.807) is 0 Å². The van der Waals surface area contributed by atoms with Gasteiger partial charge in [0.25, 0.3) is 0 Å². The van der Waals surface area contributed by atoms with E-state index in [2.05, 4.69) is 0 Å². The molecule has 2 rings (SSSR count). The minimum absolute atomic E-state index is 0.409. The molecule has 0 amide bonds. The SMILES string of the molecule is CC1OC(OC2C(OCC(O)CO)OC(CO)C(O)C2O)C(O)C(O)C1O. The lowest BCUT2D eigenvalue weighted by Crippen LogP contribution is -2.64. The summed E-state index contributed by atoms with van der Waals surface area (Å²) in [5.41, 5.74) is 0. The summed E-state index contributed by atoms with van der Waals surface area (Å²) in [6.07, 6.45) is -15.5. The molecule has 0 saturated carbocycles. The van der Waals surface area contributed by atoms with Gasteiger partial charge in [0.05, 0.1) is 25.9 Å². The molecule has 2 saturated heterocycles. The van der Waals surface area contributed by atoms with Gasteiger partial charge < -0.3 is 59.8 Å². The minimum atomic E-state index is -1.67. The molecule has 2 aliphatic heterocycles. The standard InChI is InChI=1S/C15H28O12/c1-5-8(19)10(21)12(23)14(25-5)27-13-11(22)9(20)7(3-17)26-15(13)24-4-6(18)2-16/h5-23H,2-4H2,1H3. The maximum absolute atomic E-state index is 10.3. The van der Waals surface area contributed by atoms with Crippen LogP contribution in [0.5, 0.6) is 0 Å². The zero-order valence-electron chi connectivity index (χ0n) is 14.7. The topological polar surface area (TPSA) is 199 Å². The summed E-state index contributed by atoms with van der Waals surface area (Å²) in [7, 11) is 0. The number of hydrogen-bond acceptors (Lipinski definition) is 12. The number of ether oxygens (including phenoxy) is 4. The van der Waals surface area contributed by atoms with Crippen molar-refractivity contribution in [1.82, 2.24) is 0 Å². The lowest BCUT2D eigenvalue weighted by Gasteiger charge is -2.45. The predicted molar refractivity (Wildman–Crippen MR) is 84.0 cm³/mol. The van der Waals surface area contributed by atoms with Crippen molar-refractivity contribution in [1.29, 1.82) is 0 Å². The fraction of sp³-hybridized carbons (Fsp3) is 1.00. The highest BCUT2D eigenvalue weighted by atomic mass is 16.8. The maximum atomic E-state index is 10.3. The second kappa shape index (κ2) is 9.82. The van der Waals surface area contributed by atoms with Crippen LogP contribution in [0, 0.1) is 0 Å². The summed E-state index contributed by atoms with van der Waals surface area (Å²) in [4.78, 5) is 0. The molecule has 0 aromatic carbocycles. The first-order valence-corrected chi connectivity index (χ1v) is 8.59. The normalized spacial score (nSPS) is 47.0. The first-order chi connectivity index (χ1) is 12.7. The van der Waals surface area contributed by atoms with Gasteiger partial charge in [-0.05, 0) is 6.92 Å². The minimum Gasteiger partial charge on any atom is -0.394 e. The van der Waals surface area contributed by atoms with Crippen LogP contribution in [0.3, 0.4) is 0 Å². The summed E-state index contributed by atoms with van der Waals surface area (Å²) >= 11 is 0. The second-order valence-corrected chi connectivity index (χ2v) is 6.66. The maximum Gasteiger partial charge on any atom is 0.187 e. The molecule has 0 aromatic heterocycles. The Kier molecular flexibility index (Phi) is 8.30. The summed E-state index contributed by atoms with van der Waals surface area (Å²) < 4.78 is 21.3. The molecule has 11 unspecified atom stereocenters. The van der Waals surface area contributed by atoms with E-state index in [0.29, 0.717) is 0 Å². The molecule has 0 aliphatic carbocycles. The van der Waals surface area contributed by atoms with Crippen LogP contribution in [-0.2, 0) is 18.9 Å². The molecule has 12 nitrogen and oxygen atoms in total. The molecule has 0 aromatic rings. The molecule has 0 bridgehead atoms. The first-order valence-electron chi connectivity index (χ1n) is 8.59. The van der Waals surface area contributed by atoms with Crippen LogP contribution >= 0.6 is 0 Å². The van der Waals surface area contributed by atoms with Crippen molar-refractivity contribution in [2.24, 2.45) is 0 Å². The van der Waals surface area contributed by atoms with Gasteiger partial charge in [0, 0.05) is 0 Å². The Bertz CT molecular complexity index is 453. The van der Waals surface area contributed by atoms with E-state index in [-0.39, 0.29) is 0 Å². The number of aliphatic hydroxyl groups is 8. The van der Waals surface area contributed by atoms with Crippen molar-refractivity contribution in [3.63, 3.8) is 0 Å². The molecule has 0 radical (unpaired) electrons. The van der Waals surface area contributed by atoms with Gasteiger partial charge in [-0.2, -0.15) is 0 Å². The van der Waals surface area contributed by atoms with Crippen molar-refractivity contribution in [2.75, 3.05) is 19.8 Å². The van der Waals surface area contributed by atoms with E-state index < -0.39 is 87.3 Å². The Hall–Kier alpha value is -0.480. The van der Waals surface area contributed by atoms with Gasteiger partial charge in [0.2, 0.25) is 0 Å². The lowest BCUT2D eigenvalue weighted by atomic mass is 9.97. The molecular weight excluding hydrogens is 372 g/mol. The second-order valence-electron chi connectivity index (χ2n) is 6.66. The smallest absolute Gasteiger partial charge is 0.187 e. The fourth-order valence-corrected chi connectivity index (χ4v) is 2.87. The molecule has 2 fully saturated rings. The zero-order valence-corrected chi connectivity index (χ0v) is 14.7. The third kappa shape index (κ3) is 5.12. The molecule has 2 aliphatic rings. The summed E-state index contributed by atoms with van der Waals surface area (Å²) in [6, 6.07) is 0. The highest BCUT2D eigenvalue weighted by Gasteiger charge is 2.50. The number of hydrogen-bond donors (Lipinski definition) is 8. The van der Waals surface area contributed by atoms with Crippen molar-refractivity contribution in [3.8, 4) is 0 Å². The highest BCUT2D eigenvalue weighted by molar-refractivity contribution is 4.93. The van der Waals surface area contributed by atoms with Crippen LogP contribution in [-0.4, -0.2) is 128 Å². The Balaban J connectivity index is 2.13. The van der Waals surface area contributed by atoms with E-state index in [9.17, 15) is 35.7 Å². The molecule has 2 heterocycles. The first kappa shape index (κ1) is 22.8. The molecule has 0 spiro atoms. The average Bonchev–Trinajstić information content (AvgIpc) is 2.66. The monoisotopic (exact) mass is 400 g/mol. The van der Waals surface area contributed by atoms with Gasteiger partial charge >= 0.3 is 0 Å². The Morgan fingerprint density at radius 2 is 1.52 bits per heavy atom. The van der Waals surface area contributed by atoms with Gasteiger partial charge in [0.15, 0.2) is 12.6 Å². The third-order valence-electron chi connectivity index (χ3n) is 4.59. The van der Waals surface area contributed by atoms with Crippen LogP contribution in [0.25, 0.3) is 0 Å². The van der Waals surface area contributed by atoms with Gasteiger partial charge in [-0.3, -0.25) is 0 Å². The van der Waals surface area contributed by atoms with E-state index in [1.807, 2.05) is 0 Å². The Morgan fingerprint density at radius 1 is 0.852 bits per heavy atom. The van der Waals surface area contributed by atoms with Crippen LogP contribution in [0.4, 0.5) is 0 Å². The van der Waals surface area contributed by atoms with Crippen LogP contribution in [0.1, 0.15) is 6.92 Å². The van der Waals surface area contributed by atoms with Gasteiger partial charge in [-0.1, -0.05) is 0 Å². The average molecular weight is 400 g/mol. The van der Waals surface area contributed by atoms with Crippen molar-refractivity contribution < 1.29 is 59.8 Å². The predicted octanol–water partition coefficient (Wildman–Crippen LogP) is -4.99. The third-order valence-corrected chi connectivity index (χ3v) is 4.59. The van der Waals surface area contributed by atoms with Gasteiger partial charge in [0.1, 0.15) is 48.8 Å². The van der Waals surface area contributed by atoms with Crippen molar-refractivity contribution in [3.05, 3.63) is 0 Å². The molecule has 11 atom stereocenters. The number of aliphatic hydroxyl groups excluding tert-OH is 8. The molecule has 12 heteroatoms. The summed E-state index contributed by atoms with van der Waals surface area (Å²) in [5.74, 6) is 0. The van der Waals surface area contributed by atoms with Gasteiger partial charge in [-0.15, -0.1) is 0 Å². The lowest BCUT2D eigenvalue weighted by molar-refractivity contribution is -0.366. The Morgan fingerprint density at radius 3 is 2.11 bits per heavy atom. The summed E-state index contributed by atoms with van der Waals surface area (Å²) in [5, 5.41) is 77.5. The van der Waals surface area contributed by atoms with E-state index in [4.69, 9.17) is 24.1 Å². The van der Waals surface area contributed by atoms with Gasteiger partial charge in [-0.25, -0.2) is 0 Å². The zero-order chi connectivity index (χ0) is 20.3. The van der Waals surface area contributed by atoms with E-state index in [1.165, 1.54) is 6.92 Å². The molecule has 8 N–H and O–H groups in total. The van der Waals surface area contributed by atoms with E-state index >= 15 is 0 Å². The fourth-order valence-electron chi connectivity index (χ4n) is 2.87. The number of rotatable bonds is 7. The highest BCUT2D eigenvalue weighted by Crippen LogP contribution is 2.29. The molecule has 160 valence electrons. The van der Waals surface area contributed by atoms with Crippen molar-refractivity contribution in [2.45, 2.75) is 74.4 Å². The quantitative estimate of drug-likeness (QED) is 0.203. The van der Waals surface area contributed by atoms with Crippen LogP contribution < -0.4 is 0 Å². The van der Waals surface area contributed by atoms with Crippen LogP contribution in [0.2, 0.25) is 0 Å².